The summed E-state index contributed by atoms with van der Waals surface area (Å²) in [6.45, 7) is 8.68. The highest BCUT2D eigenvalue weighted by molar-refractivity contribution is 7.90. The van der Waals surface area contributed by atoms with Crippen molar-refractivity contribution in [2.24, 2.45) is 5.92 Å². The van der Waals surface area contributed by atoms with Crippen molar-refractivity contribution in [3.8, 4) is 0 Å². The molecule has 2 fully saturated rings. The van der Waals surface area contributed by atoms with Crippen molar-refractivity contribution in [1.29, 1.82) is 0 Å². The molecule has 214 valence electrons. The molecule has 0 bridgehead atoms. The van der Waals surface area contributed by atoms with Crippen LogP contribution in [0.1, 0.15) is 83.6 Å². The van der Waals surface area contributed by atoms with Crippen molar-refractivity contribution in [1.82, 2.24) is 10.2 Å². The molecular weight excluding hydrogens is 498 g/mol. The number of sulfone groups is 1. The molecule has 1 aromatic carbocycles. The summed E-state index contributed by atoms with van der Waals surface area (Å²) in [5, 5.41) is 3.22. The number of hydrogen-bond donors (Lipinski definition) is 1. The Morgan fingerprint density at radius 3 is 2.47 bits per heavy atom. The molecular formula is C30H50N3O4S+. The van der Waals surface area contributed by atoms with Crippen LogP contribution in [0.4, 0.5) is 0 Å². The fourth-order valence-electron chi connectivity index (χ4n) is 6.29. The molecule has 2 aliphatic rings. The molecule has 8 heteroatoms. The third-order valence-electron chi connectivity index (χ3n) is 8.62. The zero-order valence-corrected chi connectivity index (χ0v) is 24.7. The lowest BCUT2D eigenvalue weighted by molar-refractivity contribution is -0.779. The summed E-state index contributed by atoms with van der Waals surface area (Å²) in [7, 11) is -3.19. The van der Waals surface area contributed by atoms with Crippen molar-refractivity contribution >= 4 is 21.7 Å². The molecule has 1 aliphatic heterocycles. The number of nitrogens with zero attached hydrogens (tertiary/aromatic N) is 2. The number of quaternary nitrogens is 1. The molecule has 3 rings (SSSR count). The lowest BCUT2D eigenvalue weighted by Gasteiger charge is -2.33. The zero-order chi connectivity index (χ0) is 27.6. The molecule has 2 atom stereocenters. The molecule has 1 aromatic rings. The number of hydrogen-bond acceptors (Lipinski definition) is 6. The maximum absolute atomic E-state index is 13.5. The summed E-state index contributed by atoms with van der Waals surface area (Å²) < 4.78 is 23.6. The average molecular weight is 549 g/mol. The van der Waals surface area contributed by atoms with E-state index in [4.69, 9.17) is 0 Å². The van der Waals surface area contributed by atoms with E-state index in [1.54, 1.807) is 12.1 Å². The molecule has 7 nitrogen and oxygen atoms in total. The van der Waals surface area contributed by atoms with E-state index < -0.39 is 9.84 Å². The van der Waals surface area contributed by atoms with Crippen LogP contribution in [0.2, 0.25) is 0 Å². The number of imide groups is 1. The average Bonchev–Trinajstić information content (AvgIpc) is 3.33. The molecule has 1 N–H and O–H groups in total. The first-order valence-electron chi connectivity index (χ1n) is 14.8. The van der Waals surface area contributed by atoms with Gasteiger partial charge in [0.05, 0.1) is 24.4 Å². The summed E-state index contributed by atoms with van der Waals surface area (Å²) in [5.74, 6) is 0.850. The molecule has 2 unspecified atom stereocenters. The minimum atomic E-state index is -3.19. The van der Waals surface area contributed by atoms with E-state index in [1.807, 2.05) is 12.1 Å². The number of unbranched alkanes of at least 4 members (excludes halogenated alkanes) is 1. The van der Waals surface area contributed by atoms with E-state index in [2.05, 4.69) is 24.1 Å². The number of benzene rings is 1. The van der Waals surface area contributed by atoms with E-state index in [1.165, 1.54) is 31.9 Å². The highest BCUT2D eigenvalue weighted by Crippen LogP contribution is 2.30. The van der Waals surface area contributed by atoms with Gasteiger partial charge in [-0.25, -0.2) is 18.0 Å². The van der Waals surface area contributed by atoms with Gasteiger partial charge in [-0.05, 0) is 75.7 Å². The van der Waals surface area contributed by atoms with Gasteiger partial charge in [-0.3, -0.25) is 0 Å². The van der Waals surface area contributed by atoms with Gasteiger partial charge < -0.3 is 10.2 Å². The maximum Gasteiger partial charge on any atom is 0.334 e. The van der Waals surface area contributed by atoms with E-state index in [-0.39, 0.29) is 16.3 Å². The van der Waals surface area contributed by atoms with Crippen LogP contribution in [0.25, 0.3) is 0 Å². The maximum atomic E-state index is 13.5. The normalized spacial score (nSPS) is 22.1. The van der Waals surface area contributed by atoms with Crippen molar-refractivity contribution in [2.45, 2.75) is 95.4 Å². The number of amides is 2. The molecule has 1 saturated heterocycles. The van der Waals surface area contributed by atoms with Gasteiger partial charge in [0.15, 0.2) is 9.84 Å². The third-order valence-corrected chi connectivity index (χ3v) is 9.75. The first-order valence-corrected chi connectivity index (χ1v) is 16.7. The number of carbonyl (C=O) groups excluding carboxylic acids is 2. The van der Waals surface area contributed by atoms with Gasteiger partial charge >= 0.3 is 11.8 Å². The van der Waals surface area contributed by atoms with Crippen LogP contribution in [-0.2, 0) is 25.8 Å². The summed E-state index contributed by atoms with van der Waals surface area (Å²) in [6.07, 6.45) is 12.3. The Balaban J connectivity index is 1.56. The summed E-state index contributed by atoms with van der Waals surface area (Å²) in [4.78, 5) is 29.6. The molecule has 1 aliphatic carbocycles. The SMILES string of the molecule is CCCN(CCCC[N+]1(C(=O)CCC2CCCC2)CCCNCC1=O)C(C)Cc1ccc(S(C)(=O)=O)cc1. The monoisotopic (exact) mass is 548 g/mol. The van der Waals surface area contributed by atoms with Crippen LogP contribution >= 0.6 is 0 Å². The Labute approximate surface area is 230 Å². The van der Waals surface area contributed by atoms with Crippen molar-refractivity contribution in [2.75, 3.05) is 45.5 Å². The molecule has 0 aromatic heterocycles. The molecule has 1 heterocycles. The topological polar surface area (TPSA) is 83.6 Å². The van der Waals surface area contributed by atoms with Gasteiger partial charge in [0.25, 0.3) is 0 Å². The molecule has 38 heavy (non-hydrogen) atoms. The van der Waals surface area contributed by atoms with Crippen LogP contribution in [0.15, 0.2) is 29.2 Å². The highest BCUT2D eigenvalue weighted by Gasteiger charge is 2.44. The van der Waals surface area contributed by atoms with Crippen LogP contribution in [0.3, 0.4) is 0 Å². The molecule has 2 amide bonds. The van der Waals surface area contributed by atoms with Crippen LogP contribution in [-0.4, -0.2) is 81.2 Å². The molecule has 0 spiro atoms. The van der Waals surface area contributed by atoms with Gasteiger partial charge in [-0.1, -0.05) is 44.7 Å². The van der Waals surface area contributed by atoms with Crippen molar-refractivity contribution in [3.05, 3.63) is 29.8 Å². The van der Waals surface area contributed by atoms with Gasteiger partial charge in [0, 0.05) is 25.3 Å². The summed E-state index contributed by atoms with van der Waals surface area (Å²) >= 11 is 0. The van der Waals surface area contributed by atoms with Crippen molar-refractivity contribution in [3.63, 3.8) is 0 Å². The largest absolute Gasteiger partial charge is 0.334 e. The minimum absolute atomic E-state index is 0.0374. The standard InChI is InChI=1S/C30H50N3O4S/c1-4-19-32(25(2)23-27-12-15-28(16-13-27)38(3,36)37)20-7-8-21-33(22-9-18-31-24-30(33)35)29(34)17-14-26-10-5-6-11-26/h12-13,15-16,25-26,31H,4-11,14,17-24H2,1-3H3/q+1. The van der Waals surface area contributed by atoms with Gasteiger partial charge in [0.2, 0.25) is 0 Å². The van der Waals surface area contributed by atoms with Crippen molar-refractivity contribution < 1.29 is 22.5 Å². The van der Waals surface area contributed by atoms with Crippen LogP contribution in [0.5, 0.6) is 0 Å². The molecule has 0 radical (unpaired) electrons. The summed E-state index contributed by atoms with van der Waals surface area (Å²) in [5.41, 5.74) is 1.13. The van der Waals surface area contributed by atoms with E-state index in [9.17, 15) is 18.0 Å². The summed E-state index contributed by atoms with van der Waals surface area (Å²) in [6, 6.07) is 7.55. The quantitative estimate of drug-likeness (QED) is 0.275. The Hall–Kier alpha value is -1.61. The van der Waals surface area contributed by atoms with E-state index in [0.29, 0.717) is 42.9 Å². The predicted molar refractivity (Wildman–Crippen MR) is 153 cm³/mol. The fourth-order valence-corrected chi connectivity index (χ4v) is 6.92. The second-order valence-corrected chi connectivity index (χ2v) is 13.7. The van der Waals surface area contributed by atoms with Gasteiger partial charge in [-0.2, -0.15) is 4.48 Å². The fraction of sp³-hybridized carbons (Fsp3) is 0.733. The van der Waals surface area contributed by atoms with Crippen LogP contribution in [0, 0.1) is 5.92 Å². The number of nitrogens with one attached hydrogen (secondary N) is 1. The Kier molecular flexibility index (Phi) is 11.9. The Bertz CT molecular complexity index is 1000. The van der Waals surface area contributed by atoms with E-state index in [0.717, 1.165) is 63.7 Å². The molecule has 1 saturated carbocycles. The first kappa shape index (κ1) is 30.9. The third kappa shape index (κ3) is 8.70. The number of rotatable bonds is 14. The lowest BCUT2D eigenvalue weighted by atomic mass is 10.0. The van der Waals surface area contributed by atoms with E-state index >= 15 is 0 Å². The second kappa shape index (κ2) is 14.7. The van der Waals surface area contributed by atoms with Crippen LogP contribution < -0.4 is 5.32 Å². The Morgan fingerprint density at radius 1 is 1.11 bits per heavy atom. The second-order valence-electron chi connectivity index (χ2n) is 11.6. The Morgan fingerprint density at radius 2 is 1.82 bits per heavy atom. The van der Waals surface area contributed by atoms with Gasteiger partial charge in [-0.15, -0.1) is 0 Å². The minimum Gasteiger partial charge on any atom is -0.305 e. The smallest absolute Gasteiger partial charge is 0.305 e. The zero-order valence-electron chi connectivity index (χ0n) is 23.9. The highest BCUT2D eigenvalue weighted by atomic mass is 32.2. The van der Waals surface area contributed by atoms with Gasteiger partial charge in [0.1, 0.15) is 6.54 Å². The predicted octanol–water partition coefficient (Wildman–Crippen LogP) is 4.35. The number of carbonyl (C=O) groups is 2. The lowest BCUT2D eigenvalue weighted by Crippen LogP contribution is -2.59. The first-order chi connectivity index (χ1) is 18.2.